The molecule has 0 aliphatic carbocycles. The van der Waals surface area contributed by atoms with Crippen molar-refractivity contribution in [1.29, 1.82) is 0 Å². The van der Waals surface area contributed by atoms with Crippen LogP contribution >= 0.6 is 11.6 Å². The molecule has 1 aromatic carbocycles. The third-order valence-electron chi connectivity index (χ3n) is 2.34. The Morgan fingerprint density at radius 3 is 2.82 bits per heavy atom. The summed E-state index contributed by atoms with van der Waals surface area (Å²) < 4.78 is 5.09. The summed E-state index contributed by atoms with van der Waals surface area (Å²) in [5.41, 5.74) is 7.10. The highest BCUT2D eigenvalue weighted by Gasteiger charge is 2.07. The van der Waals surface area contributed by atoms with Crippen LogP contribution in [0.4, 0.5) is 0 Å². The zero-order valence-corrected chi connectivity index (χ0v) is 10.1. The minimum absolute atomic E-state index is 0.307. The van der Waals surface area contributed by atoms with Gasteiger partial charge in [0.05, 0.1) is 24.4 Å². The van der Waals surface area contributed by atoms with Gasteiger partial charge in [-0.05, 0) is 24.3 Å². The van der Waals surface area contributed by atoms with Crippen LogP contribution in [0.5, 0.6) is 5.75 Å². The third kappa shape index (κ3) is 2.54. The Hall–Kier alpha value is -1.65. The van der Waals surface area contributed by atoms with E-state index in [0.29, 0.717) is 23.1 Å². The molecule has 0 radical (unpaired) electrons. The summed E-state index contributed by atoms with van der Waals surface area (Å²) in [7, 11) is 1.60. The summed E-state index contributed by atoms with van der Waals surface area (Å²) >= 11 is 6.17. The van der Waals surface area contributed by atoms with E-state index in [9.17, 15) is 0 Å². The van der Waals surface area contributed by atoms with Crippen molar-refractivity contribution in [3.8, 4) is 17.0 Å². The summed E-state index contributed by atoms with van der Waals surface area (Å²) in [6, 6.07) is 7.25. The number of aromatic nitrogens is 2. The molecule has 2 N–H and O–H groups in total. The summed E-state index contributed by atoms with van der Waals surface area (Å²) in [5.74, 6) is 1.31. The zero-order chi connectivity index (χ0) is 12.3. The minimum Gasteiger partial charge on any atom is -0.497 e. The molecule has 0 amide bonds. The fourth-order valence-corrected chi connectivity index (χ4v) is 1.75. The van der Waals surface area contributed by atoms with Gasteiger partial charge >= 0.3 is 0 Å². The van der Waals surface area contributed by atoms with E-state index >= 15 is 0 Å². The highest BCUT2D eigenvalue weighted by molar-refractivity contribution is 6.33. The summed E-state index contributed by atoms with van der Waals surface area (Å²) in [4.78, 5) is 8.36. The van der Waals surface area contributed by atoms with Crippen LogP contribution in [-0.2, 0) is 6.54 Å². The van der Waals surface area contributed by atoms with Gasteiger partial charge in [-0.15, -0.1) is 0 Å². The van der Waals surface area contributed by atoms with E-state index in [1.165, 1.54) is 0 Å². The van der Waals surface area contributed by atoms with Crippen molar-refractivity contribution in [3.63, 3.8) is 0 Å². The van der Waals surface area contributed by atoms with E-state index in [1.807, 2.05) is 12.1 Å². The molecule has 1 aromatic heterocycles. The largest absolute Gasteiger partial charge is 0.497 e. The number of nitrogens with two attached hydrogens (primary N) is 1. The smallest absolute Gasteiger partial charge is 0.142 e. The standard InChI is InChI=1S/C12H12ClN3O/c1-17-8-2-3-9(10(13)6-8)11-4-5-15-12(7-14)16-11/h2-6H,7,14H2,1H3. The van der Waals surface area contributed by atoms with Crippen molar-refractivity contribution >= 4 is 11.6 Å². The first-order valence-corrected chi connectivity index (χ1v) is 5.48. The molecule has 0 aliphatic rings. The average Bonchev–Trinajstić information content (AvgIpc) is 2.38. The first-order chi connectivity index (χ1) is 8.24. The highest BCUT2D eigenvalue weighted by atomic mass is 35.5. The first-order valence-electron chi connectivity index (χ1n) is 5.10. The number of methoxy groups -OCH3 is 1. The number of nitrogens with zero attached hydrogens (tertiary/aromatic N) is 2. The van der Waals surface area contributed by atoms with E-state index < -0.39 is 0 Å². The minimum atomic E-state index is 0.307. The Labute approximate surface area is 104 Å². The molecule has 0 bridgehead atoms. The van der Waals surface area contributed by atoms with Gasteiger partial charge in [-0.1, -0.05) is 11.6 Å². The van der Waals surface area contributed by atoms with Crippen LogP contribution in [0.3, 0.4) is 0 Å². The van der Waals surface area contributed by atoms with Crippen molar-refractivity contribution < 1.29 is 4.74 Å². The summed E-state index contributed by atoms with van der Waals surface area (Å²) in [6.45, 7) is 0.307. The van der Waals surface area contributed by atoms with E-state index in [2.05, 4.69) is 9.97 Å². The Morgan fingerprint density at radius 1 is 1.35 bits per heavy atom. The van der Waals surface area contributed by atoms with Crippen LogP contribution in [0.15, 0.2) is 30.5 Å². The highest BCUT2D eigenvalue weighted by Crippen LogP contribution is 2.29. The number of hydrogen-bond acceptors (Lipinski definition) is 4. The van der Waals surface area contributed by atoms with E-state index in [-0.39, 0.29) is 0 Å². The molecule has 17 heavy (non-hydrogen) atoms. The molecule has 1 heterocycles. The summed E-state index contributed by atoms with van der Waals surface area (Å²) in [5, 5.41) is 0.589. The Kier molecular flexibility index (Phi) is 3.56. The van der Waals surface area contributed by atoms with Crippen LogP contribution in [0.25, 0.3) is 11.3 Å². The van der Waals surface area contributed by atoms with E-state index in [1.54, 1.807) is 25.4 Å². The van der Waals surface area contributed by atoms with Gasteiger partial charge in [0.1, 0.15) is 11.6 Å². The van der Waals surface area contributed by atoms with Crippen molar-refractivity contribution in [2.24, 2.45) is 5.73 Å². The third-order valence-corrected chi connectivity index (χ3v) is 2.65. The molecule has 0 atom stereocenters. The molecular weight excluding hydrogens is 238 g/mol. The van der Waals surface area contributed by atoms with Crippen molar-refractivity contribution in [3.05, 3.63) is 41.3 Å². The molecule has 0 fully saturated rings. The molecule has 0 saturated heterocycles. The normalized spacial score (nSPS) is 10.3. The topological polar surface area (TPSA) is 61.0 Å². The number of ether oxygens (including phenoxy) is 1. The van der Waals surface area contributed by atoms with Crippen LogP contribution in [0, 0.1) is 0 Å². The summed E-state index contributed by atoms with van der Waals surface area (Å²) in [6.07, 6.45) is 1.67. The molecule has 88 valence electrons. The van der Waals surface area contributed by atoms with Gasteiger partial charge < -0.3 is 10.5 Å². The second kappa shape index (κ2) is 5.12. The molecule has 5 heteroatoms. The Morgan fingerprint density at radius 2 is 2.18 bits per heavy atom. The predicted octanol–water partition coefficient (Wildman–Crippen LogP) is 2.26. The van der Waals surface area contributed by atoms with Crippen molar-refractivity contribution in [1.82, 2.24) is 9.97 Å². The van der Waals surface area contributed by atoms with Crippen LogP contribution in [0.2, 0.25) is 5.02 Å². The number of rotatable bonds is 3. The van der Waals surface area contributed by atoms with E-state index in [0.717, 1.165) is 11.3 Å². The monoisotopic (exact) mass is 249 g/mol. The van der Waals surface area contributed by atoms with Crippen molar-refractivity contribution in [2.45, 2.75) is 6.54 Å². The molecule has 0 aliphatic heterocycles. The molecule has 2 aromatic rings. The maximum atomic E-state index is 6.17. The Balaban J connectivity index is 2.45. The lowest BCUT2D eigenvalue weighted by molar-refractivity contribution is 0.415. The van der Waals surface area contributed by atoms with Crippen LogP contribution in [-0.4, -0.2) is 17.1 Å². The van der Waals surface area contributed by atoms with Gasteiger partial charge in [0.2, 0.25) is 0 Å². The maximum Gasteiger partial charge on any atom is 0.142 e. The lowest BCUT2D eigenvalue weighted by Gasteiger charge is -2.06. The molecule has 0 saturated carbocycles. The maximum absolute atomic E-state index is 6.17. The van der Waals surface area contributed by atoms with Gasteiger partial charge in [-0.2, -0.15) is 0 Å². The second-order valence-corrected chi connectivity index (χ2v) is 3.82. The lowest BCUT2D eigenvalue weighted by atomic mass is 10.1. The molecule has 2 rings (SSSR count). The molecule has 4 nitrogen and oxygen atoms in total. The quantitative estimate of drug-likeness (QED) is 0.907. The van der Waals surface area contributed by atoms with E-state index in [4.69, 9.17) is 22.1 Å². The molecule has 0 unspecified atom stereocenters. The van der Waals surface area contributed by atoms with Crippen molar-refractivity contribution in [2.75, 3.05) is 7.11 Å². The number of benzene rings is 1. The van der Waals surface area contributed by atoms with Gasteiger partial charge in [0.25, 0.3) is 0 Å². The first kappa shape index (κ1) is 11.8. The fourth-order valence-electron chi connectivity index (χ4n) is 1.48. The number of halogens is 1. The zero-order valence-electron chi connectivity index (χ0n) is 9.35. The molecule has 0 spiro atoms. The lowest BCUT2D eigenvalue weighted by Crippen LogP contribution is -2.03. The van der Waals surface area contributed by atoms with Crippen LogP contribution < -0.4 is 10.5 Å². The number of hydrogen-bond donors (Lipinski definition) is 1. The predicted molar refractivity (Wildman–Crippen MR) is 66.9 cm³/mol. The van der Waals surface area contributed by atoms with Crippen LogP contribution in [0.1, 0.15) is 5.82 Å². The van der Waals surface area contributed by atoms with Gasteiger partial charge in [0.15, 0.2) is 0 Å². The Bertz CT molecular complexity index is 531. The van der Waals surface area contributed by atoms with Gasteiger partial charge in [0, 0.05) is 11.8 Å². The fraction of sp³-hybridized carbons (Fsp3) is 0.167. The second-order valence-electron chi connectivity index (χ2n) is 3.41. The van der Waals surface area contributed by atoms with Gasteiger partial charge in [-0.25, -0.2) is 9.97 Å². The SMILES string of the molecule is COc1ccc(-c2ccnc(CN)n2)c(Cl)c1. The average molecular weight is 250 g/mol. The van der Waals surface area contributed by atoms with Gasteiger partial charge in [-0.3, -0.25) is 0 Å². The molecular formula is C12H12ClN3O.